The summed E-state index contributed by atoms with van der Waals surface area (Å²) in [6.07, 6.45) is -4.35. The Morgan fingerprint density at radius 1 is 1.28 bits per heavy atom. The minimum atomic E-state index is -5.83. The SMILES string of the molecule is [N-]=[N+]=N[C@]1(COP(=O)(O)OP(=O)(O)OP(=O)(O)O)O[C@@H](n2ccc(N)nc2=S)[C@@H](O)C1O. The van der Waals surface area contributed by atoms with Gasteiger partial charge in [-0.2, -0.15) is 8.62 Å². The van der Waals surface area contributed by atoms with Gasteiger partial charge in [-0.15, -0.1) is 0 Å². The van der Waals surface area contributed by atoms with Crippen LogP contribution in [0.5, 0.6) is 0 Å². The second-order valence-electron chi connectivity index (χ2n) is 5.88. The van der Waals surface area contributed by atoms with E-state index in [1.165, 1.54) is 12.3 Å². The number of phosphoric acid groups is 3. The molecule has 0 aromatic carbocycles. The van der Waals surface area contributed by atoms with Crippen molar-refractivity contribution in [1.29, 1.82) is 0 Å². The number of nitrogens with zero attached hydrogens (tertiary/aromatic N) is 5. The number of aliphatic hydroxyl groups is 2. The summed E-state index contributed by atoms with van der Waals surface area (Å²) in [6, 6.07) is 1.25. The maximum atomic E-state index is 11.9. The summed E-state index contributed by atoms with van der Waals surface area (Å²) in [4.78, 5) is 41.9. The Morgan fingerprint density at radius 3 is 2.44 bits per heavy atom. The van der Waals surface area contributed by atoms with Gasteiger partial charge in [0.15, 0.2) is 6.23 Å². The molecule has 1 aliphatic rings. The summed E-state index contributed by atoms with van der Waals surface area (Å²) in [5, 5.41) is 23.8. The van der Waals surface area contributed by atoms with Crippen LogP contribution in [-0.4, -0.2) is 63.9 Å². The molecule has 0 saturated carbocycles. The molecule has 23 heteroatoms. The Labute approximate surface area is 182 Å². The Hall–Kier alpha value is -1.30. The van der Waals surface area contributed by atoms with E-state index in [1.54, 1.807) is 0 Å². The molecular formula is C9H15N6O13P3S. The van der Waals surface area contributed by atoms with E-state index in [0.717, 1.165) is 4.57 Å². The van der Waals surface area contributed by atoms with Gasteiger partial charge in [-0.25, -0.2) is 18.7 Å². The first-order chi connectivity index (χ1) is 14.5. The van der Waals surface area contributed by atoms with Crippen LogP contribution in [0, 0.1) is 4.77 Å². The number of ether oxygens (including phenoxy) is 1. The highest BCUT2D eigenvalue weighted by Crippen LogP contribution is 2.66. The molecule has 1 aromatic heterocycles. The molecule has 19 nitrogen and oxygen atoms in total. The van der Waals surface area contributed by atoms with Crippen LogP contribution in [0.4, 0.5) is 5.82 Å². The smallest absolute Gasteiger partial charge is 0.387 e. The van der Waals surface area contributed by atoms with Gasteiger partial charge in [-0.1, -0.05) is 5.11 Å². The van der Waals surface area contributed by atoms with Gasteiger partial charge in [-0.3, -0.25) is 9.09 Å². The number of hydrogen-bond acceptors (Lipinski definition) is 13. The monoisotopic (exact) mass is 540 g/mol. The molecule has 32 heavy (non-hydrogen) atoms. The highest BCUT2D eigenvalue weighted by atomic mass is 32.1. The summed E-state index contributed by atoms with van der Waals surface area (Å²) in [5.74, 6) is 0.00764. The molecule has 1 aliphatic heterocycles. The van der Waals surface area contributed by atoms with Crippen LogP contribution in [0.15, 0.2) is 17.4 Å². The minimum Gasteiger partial charge on any atom is -0.387 e. The normalized spacial score (nSPS) is 29.6. The van der Waals surface area contributed by atoms with Gasteiger partial charge in [-0.05, 0) is 23.8 Å². The Kier molecular flexibility index (Phi) is 8.01. The third-order valence-electron chi connectivity index (χ3n) is 3.59. The van der Waals surface area contributed by atoms with Crippen molar-refractivity contribution in [3.8, 4) is 0 Å². The number of aliphatic hydroxyl groups excluding tert-OH is 2. The van der Waals surface area contributed by atoms with Gasteiger partial charge in [0.25, 0.3) is 0 Å². The van der Waals surface area contributed by atoms with Crippen molar-refractivity contribution in [3.05, 3.63) is 27.5 Å². The molecule has 180 valence electrons. The molecule has 1 aromatic rings. The molecule has 0 bridgehead atoms. The molecule has 3 unspecified atom stereocenters. The summed E-state index contributed by atoms with van der Waals surface area (Å²) in [6.45, 7) is -1.37. The number of nitrogen functional groups attached to an aromatic ring is 1. The molecule has 2 heterocycles. The molecule has 2 rings (SSSR count). The topological polar surface area (TPSA) is 302 Å². The lowest BCUT2D eigenvalue weighted by Crippen LogP contribution is -2.44. The highest BCUT2D eigenvalue weighted by molar-refractivity contribution is 7.71. The first-order valence-electron chi connectivity index (χ1n) is 7.74. The zero-order valence-corrected chi connectivity index (χ0v) is 18.7. The molecule has 0 spiro atoms. The van der Waals surface area contributed by atoms with Crippen LogP contribution < -0.4 is 5.73 Å². The van der Waals surface area contributed by atoms with Crippen molar-refractivity contribution >= 4 is 41.5 Å². The fourth-order valence-electron chi connectivity index (χ4n) is 2.40. The number of hydrogen-bond donors (Lipinski definition) is 7. The molecule has 6 atom stereocenters. The Morgan fingerprint density at radius 2 is 1.91 bits per heavy atom. The van der Waals surface area contributed by atoms with Gasteiger partial charge < -0.3 is 40.3 Å². The standard InChI is InChI=1S/C9H15N6O13P3S/c10-4-1-2-15(8(32)12-4)7-5(16)6(17)9(26-7,13-14-11)3-25-30(21,22)28-31(23,24)27-29(18,19)20/h1-2,5-7,16-17H,3H2,(H,21,22)(H,23,24)(H2,10,12,32)(H2,18,19,20)/t5-,6?,7+,9+/m0/s1. The van der Waals surface area contributed by atoms with Crippen LogP contribution in [0.25, 0.3) is 10.4 Å². The van der Waals surface area contributed by atoms with Gasteiger partial charge >= 0.3 is 23.5 Å². The molecule has 1 saturated heterocycles. The summed E-state index contributed by atoms with van der Waals surface area (Å²) in [5.41, 5.74) is 11.7. The predicted molar refractivity (Wildman–Crippen MR) is 101 cm³/mol. The first-order valence-corrected chi connectivity index (χ1v) is 12.7. The molecule has 0 radical (unpaired) electrons. The minimum absolute atomic E-state index is 0.00764. The lowest BCUT2D eigenvalue weighted by Gasteiger charge is -2.27. The second kappa shape index (κ2) is 9.52. The van der Waals surface area contributed by atoms with Gasteiger partial charge in [0, 0.05) is 11.1 Å². The summed E-state index contributed by atoms with van der Waals surface area (Å²) < 4.78 is 51.5. The molecule has 1 fully saturated rings. The number of anilines is 1. The summed E-state index contributed by atoms with van der Waals surface area (Å²) >= 11 is 4.96. The number of nitrogens with two attached hydrogens (primary N) is 1. The maximum absolute atomic E-state index is 11.9. The number of rotatable bonds is 9. The molecule has 8 N–H and O–H groups in total. The van der Waals surface area contributed by atoms with Crippen molar-refractivity contribution in [2.75, 3.05) is 12.3 Å². The highest BCUT2D eigenvalue weighted by Gasteiger charge is 2.56. The zero-order chi connectivity index (χ0) is 24.5. The predicted octanol–water partition coefficient (Wildman–Crippen LogP) is -0.205. The van der Waals surface area contributed by atoms with Crippen molar-refractivity contribution in [2.45, 2.75) is 24.2 Å². The van der Waals surface area contributed by atoms with Gasteiger partial charge in [0.1, 0.15) is 18.0 Å². The fourth-order valence-corrected chi connectivity index (χ4v) is 5.71. The van der Waals surface area contributed by atoms with Crippen LogP contribution in [0.1, 0.15) is 6.23 Å². The molecule has 0 amide bonds. The van der Waals surface area contributed by atoms with E-state index in [1.807, 2.05) is 0 Å². The van der Waals surface area contributed by atoms with Crippen LogP contribution in [0.2, 0.25) is 0 Å². The van der Waals surface area contributed by atoms with E-state index in [2.05, 4.69) is 28.2 Å². The van der Waals surface area contributed by atoms with Crippen LogP contribution >= 0.6 is 35.7 Å². The first kappa shape index (κ1) is 26.9. The zero-order valence-electron chi connectivity index (χ0n) is 15.2. The largest absolute Gasteiger partial charge is 0.490 e. The van der Waals surface area contributed by atoms with E-state index in [-0.39, 0.29) is 10.6 Å². The van der Waals surface area contributed by atoms with E-state index in [9.17, 15) is 28.8 Å². The van der Waals surface area contributed by atoms with Gasteiger partial charge in [0.05, 0.1) is 6.61 Å². The average Bonchev–Trinajstić information content (AvgIpc) is 2.83. The Bertz CT molecular complexity index is 1120. The maximum Gasteiger partial charge on any atom is 0.490 e. The van der Waals surface area contributed by atoms with Crippen molar-refractivity contribution < 1.29 is 61.4 Å². The van der Waals surface area contributed by atoms with E-state index in [0.29, 0.717) is 0 Å². The average molecular weight is 540 g/mol. The molecular weight excluding hydrogens is 525 g/mol. The fraction of sp³-hybridized carbons (Fsp3) is 0.556. The Balaban J connectivity index is 2.28. The third-order valence-corrected chi connectivity index (χ3v) is 7.68. The lowest BCUT2D eigenvalue weighted by molar-refractivity contribution is -0.122. The number of phosphoric ester groups is 1. The van der Waals surface area contributed by atoms with Crippen LogP contribution in [0.3, 0.4) is 0 Å². The quantitative estimate of drug-likeness (QED) is 0.0700. The van der Waals surface area contributed by atoms with Crippen molar-refractivity contribution in [3.63, 3.8) is 0 Å². The molecule has 0 aliphatic carbocycles. The van der Waals surface area contributed by atoms with Gasteiger partial charge in [0.2, 0.25) is 10.5 Å². The number of azide groups is 1. The summed E-state index contributed by atoms with van der Waals surface area (Å²) in [7, 11) is -17.1. The van der Waals surface area contributed by atoms with E-state index < -0.39 is 54.2 Å². The third kappa shape index (κ3) is 6.61. The van der Waals surface area contributed by atoms with E-state index >= 15 is 0 Å². The number of aromatic nitrogens is 2. The van der Waals surface area contributed by atoms with Crippen molar-refractivity contribution in [2.24, 2.45) is 5.11 Å². The van der Waals surface area contributed by atoms with E-state index in [4.69, 9.17) is 42.9 Å². The second-order valence-corrected chi connectivity index (χ2v) is 10.7. The van der Waals surface area contributed by atoms with Crippen molar-refractivity contribution in [1.82, 2.24) is 9.55 Å². The lowest BCUT2D eigenvalue weighted by atomic mass is 10.1. The van der Waals surface area contributed by atoms with Crippen LogP contribution in [-0.2, 0) is 31.6 Å².